The average Bonchev–Trinajstić information content (AvgIpc) is 3.57. The van der Waals surface area contributed by atoms with E-state index in [0.717, 1.165) is 27.1 Å². The van der Waals surface area contributed by atoms with E-state index in [9.17, 15) is 9.59 Å². The van der Waals surface area contributed by atoms with Gasteiger partial charge < -0.3 is 9.64 Å². The molecule has 0 aliphatic carbocycles. The van der Waals surface area contributed by atoms with E-state index in [4.69, 9.17) is 9.72 Å². The Kier molecular flexibility index (Phi) is 6.60. The summed E-state index contributed by atoms with van der Waals surface area (Å²) in [5.41, 5.74) is 2.63. The zero-order valence-electron chi connectivity index (χ0n) is 18.8. The van der Waals surface area contributed by atoms with Gasteiger partial charge >= 0.3 is 0 Å². The standard InChI is InChI=1S/C26H25N3O3S2/c1-32-21-7-8-22-23(15-21)34-26(27-22)29(16-18-5-3-2-4-6-18)25(31)19-9-12-28(13-10-19)24(30)20-11-14-33-17-20/h2-8,11,14-15,17,19H,9-10,12-13,16H2,1H3. The molecular weight excluding hydrogens is 466 g/mol. The van der Waals surface area contributed by atoms with Gasteiger partial charge in [-0.15, -0.1) is 0 Å². The molecule has 8 heteroatoms. The van der Waals surface area contributed by atoms with Crippen molar-refractivity contribution in [1.82, 2.24) is 9.88 Å². The van der Waals surface area contributed by atoms with Crippen LogP contribution in [0.3, 0.4) is 0 Å². The highest BCUT2D eigenvalue weighted by molar-refractivity contribution is 7.22. The van der Waals surface area contributed by atoms with E-state index in [1.165, 1.54) is 22.7 Å². The molecule has 0 spiro atoms. The minimum atomic E-state index is -0.142. The molecule has 2 aromatic heterocycles. The summed E-state index contributed by atoms with van der Waals surface area (Å²) in [6, 6.07) is 17.6. The third-order valence-electron chi connectivity index (χ3n) is 6.16. The number of benzene rings is 2. The van der Waals surface area contributed by atoms with Crippen molar-refractivity contribution in [3.8, 4) is 5.75 Å². The summed E-state index contributed by atoms with van der Waals surface area (Å²) in [7, 11) is 1.64. The summed E-state index contributed by atoms with van der Waals surface area (Å²) in [6.45, 7) is 1.63. The first-order valence-corrected chi connectivity index (χ1v) is 13.0. The Morgan fingerprint density at radius 2 is 1.91 bits per heavy atom. The molecule has 0 radical (unpaired) electrons. The van der Waals surface area contributed by atoms with Crippen LogP contribution in [0.2, 0.25) is 0 Å². The van der Waals surface area contributed by atoms with E-state index in [-0.39, 0.29) is 17.7 Å². The van der Waals surface area contributed by atoms with Gasteiger partial charge in [0.25, 0.3) is 5.91 Å². The molecule has 4 aromatic rings. The second-order valence-electron chi connectivity index (χ2n) is 8.32. The fourth-order valence-corrected chi connectivity index (χ4v) is 5.89. The van der Waals surface area contributed by atoms with Gasteiger partial charge in [0, 0.05) is 24.4 Å². The number of methoxy groups -OCH3 is 1. The second-order valence-corrected chi connectivity index (χ2v) is 10.1. The van der Waals surface area contributed by atoms with Gasteiger partial charge in [-0.1, -0.05) is 41.7 Å². The van der Waals surface area contributed by atoms with Gasteiger partial charge in [-0.25, -0.2) is 4.98 Å². The number of piperidine rings is 1. The second kappa shape index (κ2) is 9.95. The van der Waals surface area contributed by atoms with E-state index < -0.39 is 0 Å². The van der Waals surface area contributed by atoms with E-state index >= 15 is 0 Å². The number of fused-ring (bicyclic) bond motifs is 1. The number of amides is 2. The molecule has 0 bridgehead atoms. The molecule has 2 aromatic carbocycles. The van der Waals surface area contributed by atoms with Crippen molar-refractivity contribution >= 4 is 49.8 Å². The largest absolute Gasteiger partial charge is 0.497 e. The summed E-state index contributed by atoms with van der Waals surface area (Å²) in [6.07, 6.45) is 1.30. The van der Waals surface area contributed by atoms with E-state index in [2.05, 4.69) is 0 Å². The van der Waals surface area contributed by atoms with Gasteiger partial charge in [0.2, 0.25) is 5.91 Å². The Bertz CT molecular complexity index is 1280. The van der Waals surface area contributed by atoms with Crippen LogP contribution in [0.5, 0.6) is 5.75 Å². The molecule has 0 saturated carbocycles. The highest BCUT2D eigenvalue weighted by Gasteiger charge is 2.32. The zero-order valence-corrected chi connectivity index (χ0v) is 20.5. The molecule has 0 N–H and O–H groups in total. The normalized spacial score (nSPS) is 14.3. The first-order chi connectivity index (χ1) is 16.6. The zero-order chi connectivity index (χ0) is 23.5. The Balaban J connectivity index is 1.37. The quantitative estimate of drug-likeness (QED) is 0.360. The fourth-order valence-electron chi connectivity index (χ4n) is 4.26. The minimum Gasteiger partial charge on any atom is -0.497 e. The van der Waals surface area contributed by atoms with Gasteiger partial charge in [-0.05, 0) is 48.1 Å². The van der Waals surface area contributed by atoms with E-state index in [0.29, 0.717) is 37.6 Å². The third-order valence-corrected chi connectivity index (χ3v) is 7.89. The van der Waals surface area contributed by atoms with Crippen LogP contribution in [0.25, 0.3) is 10.2 Å². The molecule has 34 heavy (non-hydrogen) atoms. The summed E-state index contributed by atoms with van der Waals surface area (Å²) in [4.78, 5) is 34.9. The number of thiophene rings is 1. The summed E-state index contributed by atoms with van der Waals surface area (Å²) < 4.78 is 6.34. The van der Waals surface area contributed by atoms with Crippen LogP contribution in [0, 0.1) is 5.92 Å². The smallest absolute Gasteiger partial charge is 0.254 e. The number of anilines is 1. The number of likely N-dealkylation sites (tertiary alicyclic amines) is 1. The molecule has 5 rings (SSSR count). The van der Waals surface area contributed by atoms with Crippen molar-refractivity contribution in [2.45, 2.75) is 19.4 Å². The van der Waals surface area contributed by atoms with Gasteiger partial charge in [0.1, 0.15) is 5.75 Å². The topological polar surface area (TPSA) is 62.7 Å². The lowest BCUT2D eigenvalue weighted by Gasteiger charge is -2.33. The van der Waals surface area contributed by atoms with Crippen molar-refractivity contribution in [2.24, 2.45) is 5.92 Å². The highest BCUT2D eigenvalue weighted by Crippen LogP contribution is 2.34. The lowest BCUT2D eigenvalue weighted by Crippen LogP contribution is -2.44. The Morgan fingerprint density at radius 1 is 1.12 bits per heavy atom. The maximum absolute atomic E-state index is 13.8. The van der Waals surface area contributed by atoms with Crippen LogP contribution in [0.15, 0.2) is 65.4 Å². The number of thiazole rings is 1. The molecule has 174 valence electrons. The maximum Gasteiger partial charge on any atom is 0.254 e. The lowest BCUT2D eigenvalue weighted by molar-refractivity contribution is -0.123. The molecular formula is C26H25N3O3S2. The SMILES string of the molecule is COc1ccc2nc(N(Cc3ccccc3)C(=O)C3CCN(C(=O)c4ccsc4)CC3)sc2c1. The number of aromatic nitrogens is 1. The molecule has 1 aliphatic heterocycles. The van der Waals surface area contributed by atoms with Gasteiger partial charge in [0.15, 0.2) is 5.13 Å². The number of carbonyl (C=O) groups is 2. The maximum atomic E-state index is 13.8. The fraction of sp³-hybridized carbons (Fsp3) is 0.269. The van der Waals surface area contributed by atoms with E-state index in [1.54, 1.807) is 7.11 Å². The molecule has 1 saturated heterocycles. The van der Waals surface area contributed by atoms with Gasteiger partial charge in [-0.3, -0.25) is 14.5 Å². The van der Waals surface area contributed by atoms with Crippen LogP contribution in [0.4, 0.5) is 5.13 Å². The van der Waals surface area contributed by atoms with Crippen LogP contribution in [-0.2, 0) is 11.3 Å². The lowest BCUT2D eigenvalue weighted by atomic mass is 9.94. The molecule has 1 aliphatic rings. The van der Waals surface area contributed by atoms with Crippen molar-refractivity contribution in [1.29, 1.82) is 0 Å². The molecule has 1 fully saturated rings. The number of rotatable bonds is 6. The Morgan fingerprint density at radius 3 is 2.62 bits per heavy atom. The van der Waals surface area contributed by atoms with Gasteiger partial charge in [0.05, 0.1) is 29.4 Å². The molecule has 2 amide bonds. The van der Waals surface area contributed by atoms with Crippen molar-refractivity contribution in [3.63, 3.8) is 0 Å². The third kappa shape index (κ3) is 4.69. The highest BCUT2D eigenvalue weighted by atomic mass is 32.1. The van der Waals surface area contributed by atoms with Crippen LogP contribution in [0.1, 0.15) is 28.8 Å². The average molecular weight is 492 g/mol. The van der Waals surface area contributed by atoms with Crippen LogP contribution in [-0.4, -0.2) is 41.9 Å². The number of carbonyl (C=O) groups excluding carboxylic acids is 2. The molecule has 0 unspecified atom stereocenters. The van der Waals surface area contributed by atoms with Crippen molar-refractivity contribution in [2.75, 3.05) is 25.1 Å². The van der Waals surface area contributed by atoms with Gasteiger partial charge in [-0.2, -0.15) is 11.3 Å². The number of hydrogen-bond acceptors (Lipinski definition) is 6. The first kappa shape index (κ1) is 22.6. The first-order valence-electron chi connectivity index (χ1n) is 11.2. The van der Waals surface area contributed by atoms with Crippen molar-refractivity contribution < 1.29 is 14.3 Å². The number of ether oxygens (including phenoxy) is 1. The molecule has 3 heterocycles. The van der Waals surface area contributed by atoms with Crippen LogP contribution < -0.4 is 9.64 Å². The molecule has 6 nitrogen and oxygen atoms in total. The monoisotopic (exact) mass is 491 g/mol. The van der Waals surface area contributed by atoms with Crippen molar-refractivity contribution in [3.05, 3.63) is 76.5 Å². The van der Waals surface area contributed by atoms with E-state index in [1.807, 2.05) is 75.2 Å². The number of hydrogen-bond donors (Lipinski definition) is 0. The summed E-state index contributed by atoms with van der Waals surface area (Å²) in [5, 5.41) is 4.48. The summed E-state index contributed by atoms with van der Waals surface area (Å²) >= 11 is 3.02. The predicted octanol–water partition coefficient (Wildman–Crippen LogP) is 5.45. The number of nitrogens with zero attached hydrogens (tertiary/aromatic N) is 3. The summed E-state index contributed by atoms with van der Waals surface area (Å²) in [5.74, 6) is 0.744. The molecule has 0 atom stereocenters. The Labute approximate surface area is 206 Å². The minimum absolute atomic E-state index is 0.0495. The van der Waals surface area contributed by atoms with Crippen LogP contribution >= 0.6 is 22.7 Å². The Hall–Kier alpha value is -3.23. The predicted molar refractivity (Wildman–Crippen MR) is 137 cm³/mol.